The van der Waals surface area contributed by atoms with E-state index in [0.717, 1.165) is 21.7 Å². The molecule has 0 saturated carbocycles. The van der Waals surface area contributed by atoms with Crippen LogP contribution in [0.25, 0.3) is 0 Å². The summed E-state index contributed by atoms with van der Waals surface area (Å²) in [6, 6.07) is 11.5. The zero-order valence-electron chi connectivity index (χ0n) is 10.7. The van der Waals surface area contributed by atoms with Gasteiger partial charge in [0.25, 0.3) is 0 Å². The summed E-state index contributed by atoms with van der Waals surface area (Å²) in [5.41, 5.74) is 3.16. The van der Waals surface area contributed by atoms with Gasteiger partial charge in [-0.2, -0.15) is 0 Å². The van der Waals surface area contributed by atoms with Crippen LogP contribution in [0.5, 0.6) is 0 Å². The maximum Gasteiger partial charge on any atom is 0.0589 e. The van der Waals surface area contributed by atoms with E-state index in [1.165, 1.54) is 0 Å². The SMILES string of the molecule is CNC(c1ccc(Cl)c(C)c1)c1ccc(Cl)cc1Cl. The molecule has 0 aromatic heterocycles. The Morgan fingerprint density at radius 3 is 2.26 bits per heavy atom. The van der Waals surface area contributed by atoms with Crippen LogP contribution in [0.1, 0.15) is 22.7 Å². The van der Waals surface area contributed by atoms with Crippen LogP contribution in [0.2, 0.25) is 15.1 Å². The fourth-order valence-corrected chi connectivity index (χ4v) is 2.72. The number of benzene rings is 2. The lowest BCUT2D eigenvalue weighted by Gasteiger charge is -2.19. The van der Waals surface area contributed by atoms with E-state index in [0.29, 0.717) is 10.0 Å². The largest absolute Gasteiger partial charge is 0.309 e. The first-order valence-electron chi connectivity index (χ1n) is 5.91. The van der Waals surface area contributed by atoms with Gasteiger partial charge in [0.15, 0.2) is 0 Å². The van der Waals surface area contributed by atoms with Crippen LogP contribution < -0.4 is 5.32 Å². The summed E-state index contributed by atoms with van der Waals surface area (Å²) < 4.78 is 0. The minimum atomic E-state index is 0.0146. The molecule has 1 atom stereocenters. The topological polar surface area (TPSA) is 12.0 Å². The van der Waals surface area contributed by atoms with Crippen molar-refractivity contribution in [3.8, 4) is 0 Å². The van der Waals surface area contributed by atoms with Gasteiger partial charge in [0, 0.05) is 15.1 Å². The molecule has 0 aliphatic rings. The van der Waals surface area contributed by atoms with Gasteiger partial charge in [-0.1, -0.05) is 53.0 Å². The molecule has 0 saturated heterocycles. The summed E-state index contributed by atoms with van der Waals surface area (Å²) in [7, 11) is 1.90. The number of nitrogens with one attached hydrogen (secondary N) is 1. The summed E-state index contributed by atoms with van der Waals surface area (Å²) in [5.74, 6) is 0. The van der Waals surface area contributed by atoms with E-state index in [-0.39, 0.29) is 6.04 Å². The van der Waals surface area contributed by atoms with Crippen molar-refractivity contribution in [1.82, 2.24) is 5.32 Å². The zero-order chi connectivity index (χ0) is 14.0. The average molecular weight is 315 g/mol. The highest BCUT2D eigenvalue weighted by Crippen LogP contribution is 2.31. The molecule has 19 heavy (non-hydrogen) atoms. The van der Waals surface area contributed by atoms with Gasteiger partial charge in [0.2, 0.25) is 0 Å². The minimum absolute atomic E-state index is 0.0146. The Kier molecular flexibility index (Phi) is 4.75. The maximum atomic E-state index is 6.27. The molecule has 100 valence electrons. The summed E-state index contributed by atoms with van der Waals surface area (Å²) >= 11 is 18.3. The molecule has 1 N–H and O–H groups in total. The van der Waals surface area contributed by atoms with E-state index in [4.69, 9.17) is 34.8 Å². The highest BCUT2D eigenvalue weighted by atomic mass is 35.5. The van der Waals surface area contributed by atoms with E-state index in [1.807, 2.05) is 38.2 Å². The van der Waals surface area contributed by atoms with E-state index in [1.54, 1.807) is 6.07 Å². The van der Waals surface area contributed by atoms with Crippen molar-refractivity contribution in [3.63, 3.8) is 0 Å². The normalized spacial score (nSPS) is 12.5. The van der Waals surface area contributed by atoms with Gasteiger partial charge in [0.05, 0.1) is 6.04 Å². The molecule has 0 aliphatic heterocycles. The quantitative estimate of drug-likeness (QED) is 0.814. The van der Waals surface area contributed by atoms with E-state index in [9.17, 15) is 0 Å². The van der Waals surface area contributed by atoms with Gasteiger partial charge in [-0.15, -0.1) is 0 Å². The molecule has 0 spiro atoms. The highest BCUT2D eigenvalue weighted by Gasteiger charge is 2.16. The van der Waals surface area contributed by atoms with Gasteiger partial charge >= 0.3 is 0 Å². The second-order valence-corrected chi connectivity index (χ2v) is 5.65. The van der Waals surface area contributed by atoms with E-state index < -0.39 is 0 Å². The van der Waals surface area contributed by atoms with Crippen molar-refractivity contribution < 1.29 is 0 Å². The molecular weight excluding hydrogens is 301 g/mol. The Bertz CT molecular complexity index is 596. The first kappa shape index (κ1) is 14.7. The number of rotatable bonds is 3. The van der Waals surface area contributed by atoms with Crippen molar-refractivity contribution >= 4 is 34.8 Å². The zero-order valence-corrected chi connectivity index (χ0v) is 12.9. The average Bonchev–Trinajstić information content (AvgIpc) is 2.37. The van der Waals surface area contributed by atoms with Crippen LogP contribution in [0.4, 0.5) is 0 Å². The molecule has 0 fully saturated rings. The van der Waals surface area contributed by atoms with Crippen molar-refractivity contribution in [2.45, 2.75) is 13.0 Å². The maximum absolute atomic E-state index is 6.27. The van der Waals surface area contributed by atoms with Crippen molar-refractivity contribution in [3.05, 3.63) is 68.2 Å². The molecule has 0 bridgehead atoms. The second-order valence-electron chi connectivity index (χ2n) is 4.40. The number of hydrogen-bond donors (Lipinski definition) is 1. The smallest absolute Gasteiger partial charge is 0.0589 e. The van der Waals surface area contributed by atoms with Gasteiger partial charge in [-0.3, -0.25) is 0 Å². The third-order valence-corrected chi connectivity index (χ3v) is 4.06. The predicted octanol–water partition coefficient (Wildman–Crippen LogP) is 5.26. The lowest BCUT2D eigenvalue weighted by Crippen LogP contribution is -2.18. The Labute approximate surface area is 128 Å². The van der Waals surface area contributed by atoms with Crippen LogP contribution in [0.3, 0.4) is 0 Å². The molecule has 4 heteroatoms. The van der Waals surface area contributed by atoms with Crippen LogP contribution in [-0.4, -0.2) is 7.05 Å². The Hall–Kier alpha value is -0.730. The molecule has 2 aromatic carbocycles. The number of aryl methyl sites for hydroxylation is 1. The monoisotopic (exact) mass is 313 g/mol. The second kappa shape index (κ2) is 6.15. The van der Waals surface area contributed by atoms with Gasteiger partial charge in [-0.25, -0.2) is 0 Å². The first-order valence-corrected chi connectivity index (χ1v) is 7.04. The molecular formula is C15H14Cl3N. The van der Waals surface area contributed by atoms with Gasteiger partial charge in [0.1, 0.15) is 0 Å². The number of halogens is 3. The van der Waals surface area contributed by atoms with Gasteiger partial charge in [-0.05, 0) is 48.9 Å². The predicted molar refractivity (Wildman–Crippen MR) is 83.6 cm³/mol. The molecule has 0 heterocycles. The minimum Gasteiger partial charge on any atom is -0.309 e. The highest BCUT2D eigenvalue weighted by molar-refractivity contribution is 6.35. The molecule has 1 nitrogen and oxygen atoms in total. The van der Waals surface area contributed by atoms with Gasteiger partial charge < -0.3 is 5.32 Å². The Morgan fingerprint density at radius 2 is 1.68 bits per heavy atom. The Balaban J connectivity index is 2.46. The first-order chi connectivity index (χ1) is 9.02. The lowest BCUT2D eigenvalue weighted by molar-refractivity contribution is 0.691. The van der Waals surface area contributed by atoms with Crippen LogP contribution in [0.15, 0.2) is 36.4 Å². The molecule has 2 aromatic rings. The standard InChI is InChI=1S/C15H14Cl3N/c1-9-7-10(3-6-13(9)17)15(19-2)12-5-4-11(16)8-14(12)18/h3-8,15,19H,1-2H3. The molecule has 0 amide bonds. The fourth-order valence-electron chi connectivity index (χ4n) is 2.08. The number of hydrogen-bond acceptors (Lipinski definition) is 1. The van der Waals surface area contributed by atoms with Crippen molar-refractivity contribution in [1.29, 1.82) is 0 Å². The van der Waals surface area contributed by atoms with Crippen molar-refractivity contribution in [2.75, 3.05) is 7.05 Å². The third-order valence-electron chi connectivity index (χ3n) is 3.08. The summed E-state index contributed by atoms with van der Waals surface area (Å²) in [6.45, 7) is 1.99. The van der Waals surface area contributed by atoms with Crippen molar-refractivity contribution in [2.24, 2.45) is 0 Å². The summed E-state index contributed by atoms with van der Waals surface area (Å²) in [4.78, 5) is 0. The van der Waals surface area contributed by atoms with Crippen LogP contribution in [-0.2, 0) is 0 Å². The Morgan fingerprint density at radius 1 is 0.947 bits per heavy atom. The lowest BCUT2D eigenvalue weighted by atomic mass is 9.97. The fraction of sp³-hybridized carbons (Fsp3) is 0.200. The summed E-state index contributed by atoms with van der Waals surface area (Å²) in [5, 5.41) is 5.32. The van der Waals surface area contributed by atoms with E-state index >= 15 is 0 Å². The molecule has 0 radical (unpaired) electrons. The third kappa shape index (κ3) is 3.24. The van der Waals surface area contributed by atoms with E-state index in [2.05, 4.69) is 11.4 Å². The molecule has 1 unspecified atom stereocenters. The summed E-state index contributed by atoms with van der Waals surface area (Å²) in [6.07, 6.45) is 0. The van der Waals surface area contributed by atoms with Crippen LogP contribution >= 0.6 is 34.8 Å². The van der Waals surface area contributed by atoms with Crippen LogP contribution in [0, 0.1) is 6.92 Å². The molecule has 0 aliphatic carbocycles. The molecule has 2 rings (SSSR count).